The highest BCUT2D eigenvalue weighted by Gasteiger charge is 2.24. The summed E-state index contributed by atoms with van der Waals surface area (Å²) in [5.41, 5.74) is 0. The van der Waals surface area contributed by atoms with Gasteiger partial charge in [0.1, 0.15) is 6.10 Å². The summed E-state index contributed by atoms with van der Waals surface area (Å²) in [6, 6.07) is 0. The normalized spacial score (nSPS) is 28.5. The van der Waals surface area contributed by atoms with Crippen molar-refractivity contribution in [2.75, 3.05) is 0 Å². The average Bonchev–Trinajstić information content (AvgIpc) is 2.09. The van der Waals surface area contributed by atoms with Crippen LogP contribution in [0, 0.1) is 5.92 Å². The minimum atomic E-state index is -0.0127. The van der Waals surface area contributed by atoms with Gasteiger partial charge in [0.25, 0.3) is 0 Å². The average molecular weight is 184 g/mol. The second-order valence-electron chi connectivity index (χ2n) is 4.04. The lowest BCUT2D eigenvalue weighted by atomic mass is 9.88. The van der Waals surface area contributed by atoms with Gasteiger partial charge in [-0.2, -0.15) is 0 Å². The van der Waals surface area contributed by atoms with Crippen LogP contribution in [0.25, 0.3) is 0 Å². The van der Waals surface area contributed by atoms with E-state index in [1.165, 1.54) is 19.3 Å². The molecule has 0 heterocycles. The van der Waals surface area contributed by atoms with Crippen molar-refractivity contribution >= 4 is 5.97 Å². The molecular formula is C11H20O2. The third kappa shape index (κ3) is 3.37. The SMILES string of the molecule is CCCC(=O)O[C@@H]1CCCC[C@@H]1C. The van der Waals surface area contributed by atoms with Crippen molar-refractivity contribution in [1.29, 1.82) is 0 Å². The summed E-state index contributed by atoms with van der Waals surface area (Å²) in [7, 11) is 0. The quantitative estimate of drug-likeness (QED) is 0.630. The minimum absolute atomic E-state index is 0.0127. The van der Waals surface area contributed by atoms with Crippen LogP contribution < -0.4 is 0 Å². The molecule has 1 rings (SSSR count). The molecule has 1 aliphatic rings. The second-order valence-corrected chi connectivity index (χ2v) is 4.04. The molecular weight excluding hydrogens is 164 g/mol. The van der Waals surface area contributed by atoms with Crippen LogP contribution in [-0.2, 0) is 9.53 Å². The Bertz CT molecular complexity index is 165. The van der Waals surface area contributed by atoms with E-state index < -0.39 is 0 Å². The smallest absolute Gasteiger partial charge is 0.306 e. The van der Waals surface area contributed by atoms with Crippen LogP contribution >= 0.6 is 0 Å². The summed E-state index contributed by atoms with van der Waals surface area (Å²) in [5, 5.41) is 0. The predicted octanol–water partition coefficient (Wildman–Crippen LogP) is 2.91. The van der Waals surface area contributed by atoms with E-state index in [1.807, 2.05) is 6.92 Å². The van der Waals surface area contributed by atoms with Crippen molar-refractivity contribution < 1.29 is 9.53 Å². The van der Waals surface area contributed by atoms with Crippen molar-refractivity contribution in [3.05, 3.63) is 0 Å². The zero-order valence-electron chi connectivity index (χ0n) is 8.71. The summed E-state index contributed by atoms with van der Waals surface area (Å²) in [6.07, 6.45) is 6.45. The van der Waals surface area contributed by atoms with Crippen LogP contribution in [0.4, 0.5) is 0 Å². The molecule has 0 aromatic rings. The van der Waals surface area contributed by atoms with Gasteiger partial charge in [0.05, 0.1) is 0 Å². The van der Waals surface area contributed by atoms with E-state index in [0.717, 1.165) is 12.8 Å². The number of ether oxygens (including phenoxy) is 1. The Hall–Kier alpha value is -0.530. The van der Waals surface area contributed by atoms with E-state index in [0.29, 0.717) is 12.3 Å². The lowest BCUT2D eigenvalue weighted by molar-refractivity contribution is -0.153. The molecule has 2 nitrogen and oxygen atoms in total. The van der Waals surface area contributed by atoms with Gasteiger partial charge in [-0.1, -0.05) is 20.3 Å². The van der Waals surface area contributed by atoms with Gasteiger partial charge in [-0.25, -0.2) is 0 Å². The van der Waals surface area contributed by atoms with E-state index in [-0.39, 0.29) is 12.1 Å². The fourth-order valence-electron chi connectivity index (χ4n) is 1.89. The summed E-state index contributed by atoms with van der Waals surface area (Å²) in [4.78, 5) is 11.2. The largest absolute Gasteiger partial charge is 0.462 e. The Morgan fingerprint density at radius 2 is 2.08 bits per heavy atom. The topological polar surface area (TPSA) is 26.3 Å². The third-order valence-electron chi connectivity index (χ3n) is 2.77. The molecule has 1 fully saturated rings. The molecule has 0 radical (unpaired) electrons. The Morgan fingerprint density at radius 3 is 2.69 bits per heavy atom. The Morgan fingerprint density at radius 1 is 1.38 bits per heavy atom. The van der Waals surface area contributed by atoms with Gasteiger partial charge < -0.3 is 4.74 Å². The molecule has 2 heteroatoms. The van der Waals surface area contributed by atoms with E-state index in [9.17, 15) is 4.79 Å². The highest BCUT2D eigenvalue weighted by Crippen LogP contribution is 2.26. The second kappa shape index (κ2) is 5.25. The fraction of sp³-hybridized carbons (Fsp3) is 0.909. The van der Waals surface area contributed by atoms with Gasteiger partial charge in [-0.3, -0.25) is 4.79 Å². The summed E-state index contributed by atoms with van der Waals surface area (Å²) < 4.78 is 5.41. The van der Waals surface area contributed by atoms with Crippen molar-refractivity contribution in [2.45, 2.75) is 58.5 Å². The number of esters is 1. The van der Waals surface area contributed by atoms with Crippen LogP contribution in [0.2, 0.25) is 0 Å². The lowest BCUT2D eigenvalue weighted by Gasteiger charge is -2.28. The molecule has 2 atom stereocenters. The van der Waals surface area contributed by atoms with Crippen LogP contribution in [0.15, 0.2) is 0 Å². The first-order chi connectivity index (χ1) is 6.24. The minimum Gasteiger partial charge on any atom is -0.462 e. The third-order valence-corrected chi connectivity index (χ3v) is 2.77. The van der Waals surface area contributed by atoms with Crippen LogP contribution in [-0.4, -0.2) is 12.1 Å². The molecule has 0 aromatic heterocycles. The van der Waals surface area contributed by atoms with Gasteiger partial charge in [0, 0.05) is 6.42 Å². The van der Waals surface area contributed by atoms with Crippen molar-refractivity contribution in [2.24, 2.45) is 5.92 Å². The maximum Gasteiger partial charge on any atom is 0.306 e. The number of carbonyl (C=O) groups is 1. The molecule has 13 heavy (non-hydrogen) atoms. The Labute approximate surface area is 80.7 Å². The lowest BCUT2D eigenvalue weighted by Crippen LogP contribution is -2.28. The Balaban J connectivity index is 2.29. The Kier molecular flexibility index (Phi) is 4.26. The van der Waals surface area contributed by atoms with Gasteiger partial charge in [-0.15, -0.1) is 0 Å². The van der Waals surface area contributed by atoms with Crippen LogP contribution in [0.1, 0.15) is 52.4 Å². The molecule has 76 valence electrons. The molecule has 0 N–H and O–H groups in total. The first kappa shape index (κ1) is 10.6. The molecule has 1 saturated carbocycles. The number of rotatable bonds is 3. The molecule has 0 bridgehead atoms. The summed E-state index contributed by atoms with van der Waals surface area (Å²) in [6.45, 7) is 4.19. The van der Waals surface area contributed by atoms with Gasteiger partial charge in [0.2, 0.25) is 0 Å². The van der Waals surface area contributed by atoms with Crippen molar-refractivity contribution in [3.63, 3.8) is 0 Å². The molecule has 0 aliphatic heterocycles. The van der Waals surface area contributed by atoms with E-state index in [2.05, 4.69) is 6.92 Å². The summed E-state index contributed by atoms with van der Waals surface area (Å²) >= 11 is 0. The molecule has 1 aliphatic carbocycles. The highest BCUT2D eigenvalue weighted by atomic mass is 16.5. The van der Waals surface area contributed by atoms with Crippen molar-refractivity contribution in [1.82, 2.24) is 0 Å². The molecule has 0 spiro atoms. The first-order valence-corrected chi connectivity index (χ1v) is 5.43. The highest BCUT2D eigenvalue weighted by molar-refractivity contribution is 5.69. The molecule has 0 amide bonds. The van der Waals surface area contributed by atoms with E-state index in [4.69, 9.17) is 4.74 Å². The van der Waals surface area contributed by atoms with Crippen molar-refractivity contribution in [3.8, 4) is 0 Å². The van der Waals surface area contributed by atoms with Gasteiger partial charge >= 0.3 is 5.97 Å². The monoisotopic (exact) mass is 184 g/mol. The van der Waals surface area contributed by atoms with Crippen LogP contribution in [0.3, 0.4) is 0 Å². The predicted molar refractivity (Wildman–Crippen MR) is 52.4 cm³/mol. The summed E-state index contributed by atoms with van der Waals surface area (Å²) in [5.74, 6) is 0.552. The number of hydrogen-bond acceptors (Lipinski definition) is 2. The first-order valence-electron chi connectivity index (χ1n) is 5.43. The standard InChI is InChI=1S/C11H20O2/c1-3-6-11(12)13-10-8-5-4-7-9(10)2/h9-10H,3-8H2,1-2H3/t9-,10+/m0/s1. The number of carbonyl (C=O) groups excluding carboxylic acids is 1. The molecule has 0 aromatic carbocycles. The zero-order chi connectivity index (χ0) is 9.68. The maximum absolute atomic E-state index is 11.2. The maximum atomic E-state index is 11.2. The van der Waals surface area contributed by atoms with E-state index in [1.54, 1.807) is 0 Å². The zero-order valence-corrected chi connectivity index (χ0v) is 8.71. The van der Waals surface area contributed by atoms with Crippen LogP contribution in [0.5, 0.6) is 0 Å². The van der Waals surface area contributed by atoms with Gasteiger partial charge in [-0.05, 0) is 31.6 Å². The number of hydrogen-bond donors (Lipinski definition) is 0. The molecule has 0 unspecified atom stereocenters. The molecule has 0 saturated heterocycles. The fourth-order valence-corrected chi connectivity index (χ4v) is 1.89. The van der Waals surface area contributed by atoms with Gasteiger partial charge in [0.15, 0.2) is 0 Å². The van der Waals surface area contributed by atoms with E-state index >= 15 is 0 Å².